The molecule has 0 spiro atoms. The highest BCUT2D eigenvalue weighted by atomic mass is 16.5. The molecule has 0 bridgehead atoms. The number of benzene rings is 1. The van der Waals surface area contributed by atoms with Gasteiger partial charge in [0.15, 0.2) is 0 Å². The zero-order valence-corrected chi connectivity index (χ0v) is 14.8. The first-order valence-corrected chi connectivity index (χ1v) is 8.07. The lowest BCUT2D eigenvalue weighted by atomic mass is 9.96. The van der Waals surface area contributed by atoms with Crippen LogP contribution >= 0.6 is 0 Å². The van der Waals surface area contributed by atoms with Gasteiger partial charge in [0.25, 0.3) is 0 Å². The summed E-state index contributed by atoms with van der Waals surface area (Å²) < 4.78 is 10.7. The Morgan fingerprint density at radius 1 is 0.920 bits per heavy atom. The lowest BCUT2D eigenvalue weighted by Gasteiger charge is -2.07. The van der Waals surface area contributed by atoms with Crippen LogP contribution in [-0.4, -0.2) is 27.3 Å². The minimum atomic E-state index is 0.707. The number of H-pyrrole nitrogens is 1. The van der Waals surface area contributed by atoms with E-state index in [0.29, 0.717) is 5.95 Å². The molecular weight excluding hydrogens is 318 g/mol. The summed E-state index contributed by atoms with van der Waals surface area (Å²) in [5, 5.41) is 11.2. The molecule has 0 unspecified atom stereocenters. The van der Waals surface area contributed by atoms with Crippen LogP contribution in [0.15, 0.2) is 21.2 Å². The summed E-state index contributed by atoms with van der Waals surface area (Å²) in [6.07, 6.45) is 0. The molecular formula is C18H19N5O2. The van der Waals surface area contributed by atoms with Crippen molar-refractivity contribution >= 4 is 17.0 Å². The average Bonchev–Trinajstić information content (AvgIpc) is 3.24. The van der Waals surface area contributed by atoms with Crippen LogP contribution in [0.2, 0.25) is 0 Å². The van der Waals surface area contributed by atoms with Crippen molar-refractivity contribution in [3.8, 4) is 22.3 Å². The average molecular weight is 337 g/mol. The topological polar surface area (TPSA) is 92.8 Å². The van der Waals surface area contributed by atoms with Crippen LogP contribution in [0.5, 0.6) is 0 Å². The van der Waals surface area contributed by atoms with Gasteiger partial charge in [0, 0.05) is 23.7 Å². The van der Waals surface area contributed by atoms with E-state index in [0.717, 1.165) is 56.2 Å². The summed E-state index contributed by atoms with van der Waals surface area (Å²) in [4.78, 5) is 7.96. The Morgan fingerprint density at radius 3 is 2.12 bits per heavy atom. The molecule has 2 N–H and O–H groups in total. The lowest BCUT2D eigenvalue weighted by Crippen LogP contribution is -1.89. The van der Waals surface area contributed by atoms with E-state index in [1.165, 1.54) is 0 Å². The van der Waals surface area contributed by atoms with Crippen molar-refractivity contribution in [3.63, 3.8) is 0 Å². The van der Waals surface area contributed by atoms with E-state index < -0.39 is 0 Å². The smallest absolute Gasteiger partial charge is 0.200 e. The van der Waals surface area contributed by atoms with Gasteiger partial charge >= 0.3 is 0 Å². The molecule has 25 heavy (non-hydrogen) atoms. The quantitative estimate of drug-likeness (QED) is 0.583. The number of fused-ring (bicyclic) bond motifs is 1. The van der Waals surface area contributed by atoms with E-state index in [1.807, 2.05) is 34.7 Å². The fraction of sp³-hybridized carbons (Fsp3) is 0.278. The Labute approximate surface area is 144 Å². The molecule has 0 aliphatic carbocycles. The van der Waals surface area contributed by atoms with E-state index in [2.05, 4.69) is 37.7 Å². The Hall–Kier alpha value is -3.09. The lowest BCUT2D eigenvalue weighted by molar-refractivity contribution is 0.393. The van der Waals surface area contributed by atoms with Gasteiger partial charge in [-0.2, -0.15) is 0 Å². The molecule has 3 aromatic heterocycles. The van der Waals surface area contributed by atoms with E-state index >= 15 is 0 Å². The summed E-state index contributed by atoms with van der Waals surface area (Å²) in [6.45, 7) is 7.71. The highest BCUT2D eigenvalue weighted by molar-refractivity contribution is 5.98. The maximum atomic E-state index is 5.38. The molecule has 4 rings (SSSR count). The molecule has 0 aliphatic heterocycles. The number of anilines is 1. The van der Waals surface area contributed by atoms with Gasteiger partial charge in [-0.05, 0) is 45.4 Å². The Balaban J connectivity index is 2.08. The predicted octanol–water partition coefficient (Wildman–Crippen LogP) is 4.15. The number of aryl methyl sites for hydroxylation is 4. The summed E-state index contributed by atoms with van der Waals surface area (Å²) in [5.41, 5.74) is 7.44. The standard InChI is InChI=1S/C18H19N5O2/c1-8-15(10(3)24-22-8)12-6-13(16-9(2)23-25-11(16)4)17-14(7-12)20-18(19-5)21-17/h6-7H,1-5H3,(H2,19,20,21). The van der Waals surface area contributed by atoms with Crippen molar-refractivity contribution in [3.05, 3.63) is 35.0 Å². The largest absolute Gasteiger partial charge is 0.361 e. The normalized spacial score (nSPS) is 11.4. The number of aromatic nitrogens is 4. The van der Waals surface area contributed by atoms with Crippen molar-refractivity contribution in [2.75, 3.05) is 12.4 Å². The summed E-state index contributed by atoms with van der Waals surface area (Å²) in [6, 6.07) is 4.17. The molecule has 7 heteroatoms. The van der Waals surface area contributed by atoms with Crippen molar-refractivity contribution in [1.29, 1.82) is 0 Å². The van der Waals surface area contributed by atoms with Crippen LogP contribution in [0.1, 0.15) is 22.9 Å². The molecule has 3 heterocycles. The Morgan fingerprint density at radius 2 is 1.56 bits per heavy atom. The van der Waals surface area contributed by atoms with Crippen molar-refractivity contribution < 1.29 is 9.05 Å². The number of hydrogen-bond donors (Lipinski definition) is 2. The zero-order valence-electron chi connectivity index (χ0n) is 14.8. The highest BCUT2D eigenvalue weighted by Crippen LogP contribution is 2.38. The van der Waals surface area contributed by atoms with Gasteiger partial charge in [0.2, 0.25) is 5.95 Å². The molecule has 0 atom stereocenters. The summed E-state index contributed by atoms with van der Waals surface area (Å²) in [7, 11) is 1.84. The Bertz CT molecular complexity index is 1050. The van der Waals surface area contributed by atoms with Crippen LogP contribution in [0.3, 0.4) is 0 Å². The van der Waals surface area contributed by atoms with Gasteiger partial charge in [-0.25, -0.2) is 4.98 Å². The first-order valence-electron chi connectivity index (χ1n) is 8.07. The molecule has 0 radical (unpaired) electrons. The maximum absolute atomic E-state index is 5.38. The van der Waals surface area contributed by atoms with Crippen LogP contribution in [0, 0.1) is 27.7 Å². The van der Waals surface area contributed by atoms with Gasteiger partial charge in [0.05, 0.1) is 22.4 Å². The number of nitrogens with zero attached hydrogens (tertiary/aromatic N) is 3. The van der Waals surface area contributed by atoms with Gasteiger partial charge in [-0.1, -0.05) is 10.3 Å². The van der Waals surface area contributed by atoms with Gasteiger partial charge in [-0.3, -0.25) is 0 Å². The molecule has 0 aliphatic rings. The van der Waals surface area contributed by atoms with E-state index in [1.54, 1.807) is 0 Å². The molecule has 0 saturated heterocycles. The second-order valence-corrected chi connectivity index (χ2v) is 6.15. The van der Waals surface area contributed by atoms with E-state index in [9.17, 15) is 0 Å². The minimum absolute atomic E-state index is 0.707. The predicted molar refractivity (Wildman–Crippen MR) is 95.6 cm³/mol. The minimum Gasteiger partial charge on any atom is -0.361 e. The number of nitrogens with one attached hydrogen (secondary N) is 2. The van der Waals surface area contributed by atoms with Gasteiger partial charge in [-0.15, -0.1) is 0 Å². The molecule has 0 saturated carbocycles. The second-order valence-electron chi connectivity index (χ2n) is 6.15. The van der Waals surface area contributed by atoms with E-state index in [4.69, 9.17) is 9.05 Å². The monoisotopic (exact) mass is 337 g/mol. The molecule has 0 amide bonds. The third-order valence-electron chi connectivity index (χ3n) is 4.45. The number of rotatable bonds is 3. The number of hydrogen-bond acceptors (Lipinski definition) is 6. The van der Waals surface area contributed by atoms with Gasteiger partial charge < -0.3 is 19.3 Å². The number of imidazole rings is 1. The van der Waals surface area contributed by atoms with Crippen LogP contribution < -0.4 is 5.32 Å². The zero-order chi connectivity index (χ0) is 17.7. The van der Waals surface area contributed by atoms with Crippen LogP contribution in [0.25, 0.3) is 33.3 Å². The fourth-order valence-corrected chi connectivity index (χ4v) is 3.33. The third kappa shape index (κ3) is 2.31. The number of aromatic amines is 1. The molecule has 4 aromatic rings. The Kier molecular flexibility index (Phi) is 3.38. The SMILES string of the molecule is CNc1nc2c(-c3c(C)noc3C)cc(-c3c(C)noc3C)cc2[nH]1. The van der Waals surface area contributed by atoms with Crippen molar-refractivity contribution in [1.82, 2.24) is 20.3 Å². The molecule has 7 nitrogen and oxygen atoms in total. The highest BCUT2D eigenvalue weighted by Gasteiger charge is 2.20. The van der Waals surface area contributed by atoms with Crippen LogP contribution in [0.4, 0.5) is 5.95 Å². The first kappa shape index (κ1) is 15.4. The maximum Gasteiger partial charge on any atom is 0.200 e. The third-order valence-corrected chi connectivity index (χ3v) is 4.45. The fourth-order valence-electron chi connectivity index (χ4n) is 3.33. The van der Waals surface area contributed by atoms with E-state index in [-0.39, 0.29) is 0 Å². The van der Waals surface area contributed by atoms with Gasteiger partial charge in [0.1, 0.15) is 11.5 Å². The summed E-state index contributed by atoms with van der Waals surface area (Å²) in [5.74, 6) is 2.26. The first-order chi connectivity index (χ1) is 12.0. The molecule has 0 fully saturated rings. The van der Waals surface area contributed by atoms with Crippen molar-refractivity contribution in [2.45, 2.75) is 27.7 Å². The van der Waals surface area contributed by atoms with Crippen LogP contribution in [-0.2, 0) is 0 Å². The summed E-state index contributed by atoms with van der Waals surface area (Å²) >= 11 is 0. The second kappa shape index (κ2) is 5.47. The molecule has 128 valence electrons. The van der Waals surface area contributed by atoms with Crippen molar-refractivity contribution in [2.24, 2.45) is 0 Å². The molecule has 1 aromatic carbocycles.